The molecular formula is C15H20BrNO. The lowest BCUT2D eigenvalue weighted by atomic mass is 10.1. The molecule has 1 aliphatic rings. The molecule has 1 aromatic carbocycles. The van der Waals surface area contributed by atoms with E-state index in [1.807, 2.05) is 6.07 Å². The van der Waals surface area contributed by atoms with Crippen LogP contribution in [-0.2, 0) is 0 Å². The first-order valence-corrected chi connectivity index (χ1v) is 7.42. The Kier molecular flexibility index (Phi) is 4.44. The summed E-state index contributed by atoms with van der Waals surface area (Å²) in [5, 5.41) is 0. The molecule has 2 nitrogen and oxygen atoms in total. The largest absolute Gasteiger partial charge is 0.369 e. The van der Waals surface area contributed by atoms with Gasteiger partial charge >= 0.3 is 0 Å². The van der Waals surface area contributed by atoms with E-state index in [2.05, 4.69) is 46.8 Å². The van der Waals surface area contributed by atoms with E-state index in [0.717, 1.165) is 28.8 Å². The van der Waals surface area contributed by atoms with Crippen molar-refractivity contribution in [2.24, 2.45) is 5.92 Å². The average Bonchev–Trinajstić information content (AvgIpc) is 3.13. The maximum absolute atomic E-state index is 10.8. The minimum atomic E-state index is 0.706. The van der Waals surface area contributed by atoms with Gasteiger partial charge in [0.1, 0.15) is 0 Å². The molecule has 0 aliphatic heterocycles. The summed E-state index contributed by atoms with van der Waals surface area (Å²) in [6.07, 6.45) is 4.70. The van der Waals surface area contributed by atoms with E-state index < -0.39 is 0 Å². The number of carbonyl (C=O) groups excluding carboxylic acids is 1. The van der Waals surface area contributed by atoms with Gasteiger partial charge in [0.05, 0.1) is 0 Å². The zero-order valence-corrected chi connectivity index (χ0v) is 12.6. The predicted molar refractivity (Wildman–Crippen MR) is 79.4 cm³/mol. The average molecular weight is 310 g/mol. The number of benzene rings is 1. The van der Waals surface area contributed by atoms with Gasteiger partial charge in [-0.05, 0) is 59.3 Å². The number of rotatable bonds is 6. The Morgan fingerprint density at radius 1 is 1.44 bits per heavy atom. The van der Waals surface area contributed by atoms with Gasteiger partial charge in [-0.3, -0.25) is 4.79 Å². The molecule has 0 saturated heterocycles. The minimum absolute atomic E-state index is 0.706. The molecule has 1 aliphatic carbocycles. The summed E-state index contributed by atoms with van der Waals surface area (Å²) in [6, 6.07) is 6.74. The maximum atomic E-state index is 10.8. The lowest BCUT2D eigenvalue weighted by Gasteiger charge is -2.26. The Balaban J connectivity index is 2.14. The first-order chi connectivity index (χ1) is 8.61. The number of nitrogens with zero attached hydrogens (tertiary/aromatic N) is 1. The van der Waals surface area contributed by atoms with Crippen LogP contribution in [0.2, 0.25) is 0 Å². The Hall–Kier alpha value is -0.830. The molecule has 0 aromatic heterocycles. The summed E-state index contributed by atoms with van der Waals surface area (Å²) >= 11 is 3.47. The second kappa shape index (κ2) is 5.87. The van der Waals surface area contributed by atoms with Crippen LogP contribution < -0.4 is 4.90 Å². The van der Waals surface area contributed by atoms with Gasteiger partial charge in [0.15, 0.2) is 6.29 Å². The van der Waals surface area contributed by atoms with Crippen molar-refractivity contribution in [3.05, 3.63) is 28.2 Å². The SMILES string of the molecule is CC(C)CCN(c1ccc(C=O)c(Br)c1)C1CC1. The second-order valence-corrected chi connectivity index (χ2v) is 6.29. The van der Waals surface area contributed by atoms with Crippen molar-refractivity contribution >= 4 is 27.9 Å². The third-order valence-corrected chi connectivity index (χ3v) is 4.06. The molecule has 0 atom stereocenters. The van der Waals surface area contributed by atoms with E-state index in [0.29, 0.717) is 6.04 Å². The van der Waals surface area contributed by atoms with Crippen molar-refractivity contribution < 1.29 is 4.79 Å². The van der Waals surface area contributed by atoms with Crippen LogP contribution in [0.1, 0.15) is 43.5 Å². The van der Waals surface area contributed by atoms with Gasteiger partial charge in [-0.2, -0.15) is 0 Å². The van der Waals surface area contributed by atoms with Crippen molar-refractivity contribution in [1.82, 2.24) is 0 Å². The molecule has 1 fully saturated rings. The Morgan fingerprint density at radius 3 is 2.67 bits per heavy atom. The molecule has 18 heavy (non-hydrogen) atoms. The van der Waals surface area contributed by atoms with E-state index in [9.17, 15) is 4.79 Å². The van der Waals surface area contributed by atoms with Gasteiger partial charge in [0.25, 0.3) is 0 Å². The topological polar surface area (TPSA) is 20.3 Å². The van der Waals surface area contributed by atoms with E-state index in [1.165, 1.54) is 24.9 Å². The second-order valence-electron chi connectivity index (χ2n) is 5.43. The first-order valence-electron chi connectivity index (χ1n) is 6.63. The predicted octanol–water partition coefficient (Wildman–Crippen LogP) is 4.28. The number of hydrogen-bond acceptors (Lipinski definition) is 2. The van der Waals surface area contributed by atoms with Crippen LogP contribution in [0, 0.1) is 5.92 Å². The number of anilines is 1. The quantitative estimate of drug-likeness (QED) is 0.731. The number of aldehydes is 1. The van der Waals surface area contributed by atoms with Crippen molar-refractivity contribution in [3.8, 4) is 0 Å². The fourth-order valence-corrected chi connectivity index (χ4v) is 2.56. The summed E-state index contributed by atoms with van der Waals surface area (Å²) in [5.74, 6) is 0.726. The Bertz CT molecular complexity index is 427. The molecular weight excluding hydrogens is 290 g/mol. The summed E-state index contributed by atoms with van der Waals surface area (Å²) in [6.45, 7) is 5.63. The highest BCUT2D eigenvalue weighted by Gasteiger charge is 2.29. The van der Waals surface area contributed by atoms with Crippen LogP contribution in [0.15, 0.2) is 22.7 Å². The normalized spacial score (nSPS) is 14.9. The highest BCUT2D eigenvalue weighted by atomic mass is 79.9. The van der Waals surface area contributed by atoms with Gasteiger partial charge < -0.3 is 4.90 Å². The standard InChI is InChI=1S/C15H20BrNO/c1-11(2)7-8-17(13-5-6-13)14-4-3-12(10-18)15(16)9-14/h3-4,9-11,13H,5-8H2,1-2H3. The number of carbonyl (C=O) groups is 1. The van der Waals surface area contributed by atoms with Gasteiger partial charge in [-0.1, -0.05) is 13.8 Å². The lowest BCUT2D eigenvalue weighted by Crippen LogP contribution is -2.27. The zero-order chi connectivity index (χ0) is 13.1. The van der Waals surface area contributed by atoms with E-state index in [-0.39, 0.29) is 0 Å². The summed E-state index contributed by atoms with van der Waals surface area (Å²) < 4.78 is 0.894. The van der Waals surface area contributed by atoms with Gasteiger partial charge in [-0.25, -0.2) is 0 Å². The van der Waals surface area contributed by atoms with Crippen molar-refractivity contribution in [1.29, 1.82) is 0 Å². The lowest BCUT2D eigenvalue weighted by molar-refractivity contribution is 0.112. The molecule has 0 N–H and O–H groups in total. The molecule has 1 saturated carbocycles. The van der Waals surface area contributed by atoms with Crippen LogP contribution in [0.25, 0.3) is 0 Å². The van der Waals surface area contributed by atoms with Gasteiger partial charge in [-0.15, -0.1) is 0 Å². The van der Waals surface area contributed by atoms with Gasteiger partial charge in [0.2, 0.25) is 0 Å². The monoisotopic (exact) mass is 309 g/mol. The van der Waals surface area contributed by atoms with Crippen LogP contribution in [0.4, 0.5) is 5.69 Å². The van der Waals surface area contributed by atoms with Crippen molar-refractivity contribution in [2.75, 3.05) is 11.4 Å². The molecule has 3 heteroatoms. The fourth-order valence-electron chi connectivity index (χ4n) is 2.10. The molecule has 0 bridgehead atoms. The summed E-state index contributed by atoms with van der Waals surface area (Å²) in [5.41, 5.74) is 1.95. The highest BCUT2D eigenvalue weighted by Crippen LogP contribution is 2.34. The van der Waals surface area contributed by atoms with E-state index >= 15 is 0 Å². The highest BCUT2D eigenvalue weighted by molar-refractivity contribution is 9.10. The van der Waals surface area contributed by atoms with Crippen molar-refractivity contribution in [3.63, 3.8) is 0 Å². The van der Waals surface area contributed by atoms with Crippen LogP contribution in [0.3, 0.4) is 0 Å². The Labute approximate surface area is 117 Å². The smallest absolute Gasteiger partial charge is 0.151 e. The molecule has 2 rings (SSSR count). The van der Waals surface area contributed by atoms with Crippen LogP contribution >= 0.6 is 15.9 Å². The molecule has 0 amide bonds. The van der Waals surface area contributed by atoms with E-state index in [4.69, 9.17) is 0 Å². The molecule has 98 valence electrons. The summed E-state index contributed by atoms with van der Waals surface area (Å²) in [4.78, 5) is 13.3. The van der Waals surface area contributed by atoms with Gasteiger partial charge in [0, 0.05) is 28.3 Å². The third kappa shape index (κ3) is 3.35. The molecule has 0 unspecified atom stereocenters. The zero-order valence-electron chi connectivity index (χ0n) is 11.0. The molecule has 0 spiro atoms. The number of hydrogen-bond donors (Lipinski definition) is 0. The molecule has 0 radical (unpaired) electrons. The number of halogens is 1. The van der Waals surface area contributed by atoms with Crippen LogP contribution in [-0.4, -0.2) is 18.9 Å². The first kappa shape index (κ1) is 13.6. The summed E-state index contributed by atoms with van der Waals surface area (Å²) in [7, 11) is 0. The van der Waals surface area contributed by atoms with Crippen LogP contribution in [0.5, 0.6) is 0 Å². The van der Waals surface area contributed by atoms with Crippen molar-refractivity contribution in [2.45, 2.75) is 39.2 Å². The molecule has 0 heterocycles. The minimum Gasteiger partial charge on any atom is -0.369 e. The fraction of sp³-hybridized carbons (Fsp3) is 0.533. The third-order valence-electron chi connectivity index (χ3n) is 3.38. The van der Waals surface area contributed by atoms with E-state index in [1.54, 1.807) is 0 Å². The Morgan fingerprint density at radius 2 is 2.17 bits per heavy atom. The molecule has 1 aromatic rings. The maximum Gasteiger partial charge on any atom is 0.151 e.